The third kappa shape index (κ3) is 5.82. The number of carbonyl (C=O) groups excluding carboxylic acids is 1. The molecule has 1 aliphatic heterocycles. The summed E-state index contributed by atoms with van der Waals surface area (Å²) in [6, 6.07) is 10.8. The van der Waals surface area contributed by atoms with E-state index in [1.54, 1.807) is 19.2 Å². The second-order valence-corrected chi connectivity index (χ2v) is 13.6. The molecule has 4 saturated carbocycles. The van der Waals surface area contributed by atoms with Crippen LogP contribution in [0.15, 0.2) is 42.0 Å². The number of carbonyl (C=O) groups is 1. The van der Waals surface area contributed by atoms with Crippen molar-refractivity contribution in [1.29, 1.82) is 0 Å². The molecule has 2 aromatic carbocycles. The van der Waals surface area contributed by atoms with Gasteiger partial charge in [-0.15, -0.1) is 0 Å². The lowest BCUT2D eigenvalue weighted by atomic mass is 9.50. The van der Waals surface area contributed by atoms with Crippen molar-refractivity contribution in [3.05, 3.63) is 62.2 Å². The molecule has 4 N–H and O–H groups in total. The van der Waals surface area contributed by atoms with Crippen LogP contribution in [0.4, 0.5) is 0 Å². The molecule has 2 aromatic rings. The zero-order valence-corrected chi connectivity index (χ0v) is 26.4. The number of aldehydes is 1. The van der Waals surface area contributed by atoms with E-state index in [1.807, 2.05) is 24.3 Å². The summed E-state index contributed by atoms with van der Waals surface area (Å²) in [7, 11) is 1.71. The SMILES string of the molecule is COC(=C1C2CC3CC1CC(C2)C3C)c1cc(OCc2ccc(O[C@@H]3OC(CO)[C@H](O)C(O)C3O)cc2)c(I)cc1C=O. The summed E-state index contributed by atoms with van der Waals surface area (Å²) in [5.74, 6) is 5.29. The van der Waals surface area contributed by atoms with Gasteiger partial charge < -0.3 is 39.4 Å². The van der Waals surface area contributed by atoms with Crippen LogP contribution in [-0.4, -0.2) is 71.1 Å². The fourth-order valence-corrected chi connectivity index (χ4v) is 8.43. The summed E-state index contributed by atoms with van der Waals surface area (Å²) in [5.41, 5.74) is 3.62. The Balaban J connectivity index is 1.17. The molecule has 232 valence electrons. The van der Waals surface area contributed by atoms with Crippen molar-refractivity contribution >= 4 is 34.6 Å². The van der Waals surface area contributed by atoms with Crippen LogP contribution < -0.4 is 9.47 Å². The standard InChI is InChI=1S/C33H39IO9/c1-16-18-7-20-9-19(16)10-21(8-18)28(20)32(40-2)24-12-26(25(34)11-22(24)13-35)41-15-17-3-5-23(6-4-17)42-33-31(39)30(38)29(37)27(14-36)43-33/h3-6,11-13,16,18-21,27,29-31,33,36-39H,7-10,14-15H2,1-2H3/t16?,18?,19?,20?,21?,27?,29-,30?,31?,33+/m0/s1. The van der Waals surface area contributed by atoms with Crippen molar-refractivity contribution in [3.8, 4) is 11.5 Å². The lowest BCUT2D eigenvalue weighted by Gasteiger charge is -2.55. The van der Waals surface area contributed by atoms with Crippen LogP contribution in [0.5, 0.6) is 11.5 Å². The van der Waals surface area contributed by atoms with E-state index in [0.29, 0.717) is 28.9 Å². The smallest absolute Gasteiger partial charge is 0.229 e. The first kappa shape index (κ1) is 30.8. The third-order valence-corrected chi connectivity index (χ3v) is 10.9. The highest BCUT2D eigenvalue weighted by atomic mass is 127. The van der Waals surface area contributed by atoms with Gasteiger partial charge in [-0.3, -0.25) is 4.79 Å². The first-order valence-corrected chi connectivity index (χ1v) is 16.1. The molecule has 0 spiro atoms. The maximum Gasteiger partial charge on any atom is 0.229 e. The molecular weight excluding hydrogens is 667 g/mol. The number of benzene rings is 2. The largest absolute Gasteiger partial charge is 0.496 e. The van der Waals surface area contributed by atoms with Crippen LogP contribution >= 0.6 is 22.6 Å². The van der Waals surface area contributed by atoms with Crippen molar-refractivity contribution in [2.75, 3.05) is 13.7 Å². The van der Waals surface area contributed by atoms with Crippen molar-refractivity contribution in [2.24, 2.45) is 29.6 Å². The number of hydrogen-bond donors (Lipinski definition) is 4. The van der Waals surface area contributed by atoms with Crippen LogP contribution in [0.2, 0.25) is 0 Å². The fraction of sp³-hybridized carbons (Fsp3) is 0.545. The first-order chi connectivity index (χ1) is 20.7. The maximum absolute atomic E-state index is 12.2. The summed E-state index contributed by atoms with van der Waals surface area (Å²) >= 11 is 2.19. The van der Waals surface area contributed by atoms with Crippen LogP contribution in [0.1, 0.15) is 54.1 Å². The molecule has 10 heteroatoms. The summed E-state index contributed by atoms with van der Waals surface area (Å²) in [6.07, 6.45) is -1.03. The molecule has 4 bridgehead atoms. The van der Waals surface area contributed by atoms with Crippen molar-refractivity contribution < 1.29 is 44.2 Å². The zero-order valence-electron chi connectivity index (χ0n) is 24.3. The Morgan fingerprint density at radius 3 is 2.23 bits per heavy atom. The van der Waals surface area contributed by atoms with E-state index in [2.05, 4.69) is 29.5 Å². The monoisotopic (exact) mass is 706 g/mol. The minimum atomic E-state index is -1.51. The Kier molecular flexibility index (Phi) is 9.06. The Hall–Kier alpha value is -2.22. The second-order valence-electron chi connectivity index (χ2n) is 12.4. The molecule has 0 radical (unpaired) electrons. The van der Waals surface area contributed by atoms with Gasteiger partial charge in [0.1, 0.15) is 48.3 Å². The molecule has 7 rings (SSSR count). The molecule has 3 unspecified atom stereocenters. The van der Waals surface area contributed by atoms with Gasteiger partial charge in [-0.1, -0.05) is 19.1 Å². The molecule has 1 heterocycles. The minimum absolute atomic E-state index is 0.265. The molecule has 5 fully saturated rings. The highest BCUT2D eigenvalue weighted by Crippen LogP contribution is 2.60. The number of methoxy groups -OCH3 is 1. The number of aliphatic hydroxyl groups is 4. The quantitative estimate of drug-likeness (QED) is 0.174. The molecule has 0 aromatic heterocycles. The number of aliphatic hydroxyl groups excluding tert-OH is 4. The Morgan fingerprint density at radius 2 is 1.65 bits per heavy atom. The second kappa shape index (κ2) is 12.6. The van der Waals surface area contributed by atoms with Gasteiger partial charge in [-0.25, -0.2) is 0 Å². The van der Waals surface area contributed by atoms with Crippen molar-refractivity contribution in [3.63, 3.8) is 0 Å². The van der Waals surface area contributed by atoms with Gasteiger partial charge >= 0.3 is 0 Å². The number of ether oxygens (including phenoxy) is 4. The number of rotatable bonds is 9. The molecule has 9 nitrogen and oxygen atoms in total. The molecule has 5 atom stereocenters. The van der Waals surface area contributed by atoms with Gasteiger partial charge in [0.15, 0.2) is 6.29 Å². The third-order valence-electron chi connectivity index (χ3n) is 10.1. The number of halogens is 1. The van der Waals surface area contributed by atoms with E-state index in [1.165, 1.54) is 31.3 Å². The number of allylic oxidation sites excluding steroid dienone is 1. The molecule has 5 aliphatic rings. The fourth-order valence-electron chi connectivity index (χ4n) is 7.78. The zero-order chi connectivity index (χ0) is 30.4. The highest BCUT2D eigenvalue weighted by Gasteiger charge is 2.50. The maximum atomic E-state index is 12.2. The topological polar surface area (TPSA) is 135 Å². The summed E-state index contributed by atoms with van der Waals surface area (Å²) in [4.78, 5) is 12.2. The number of hydrogen-bond acceptors (Lipinski definition) is 9. The van der Waals surface area contributed by atoms with Gasteiger partial charge in [0.25, 0.3) is 0 Å². The average Bonchev–Trinajstić information content (AvgIpc) is 3.00. The lowest BCUT2D eigenvalue weighted by Crippen LogP contribution is -2.60. The summed E-state index contributed by atoms with van der Waals surface area (Å²) in [5, 5.41) is 39.6. The van der Waals surface area contributed by atoms with Gasteiger partial charge in [-0.2, -0.15) is 0 Å². The van der Waals surface area contributed by atoms with Crippen molar-refractivity contribution in [2.45, 2.75) is 69.9 Å². The molecule has 4 aliphatic carbocycles. The lowest BCUT2D eigenvalue weighted by molar-refractivity contribution is -0.277. The van der Waals surface area contributed by atoms with E-state index in [9.17, 15) is 25.2 Å². The molecule has 0 amide bonds. The van der Waals surface area contributed by atoms with E-state index < -0.39 is 37.3 Å². The van der Waals surface area contributed by atoms with Gasteiger partial charge in [0.2, 0.25) is 6.29 Å². The van der Waals surface area contributed by atoms with E-state index in [0.717, 1.165) is 44.5 Å². The summed E-state index contributed by atoms with van der Waals surface area (Å²) in [6.45, 7) is 2.16. The molecular formula is C33H39IO9. The van der Waals surface area contributed by atoms with Gasteiger partial charge in [0.05, 0.1) is 17.3 Å². The predicted octanol–water partition coefficient (Wildman–Crippen LogP) is 3.92. The molecule has 1 saturated heterocycles. The Labute approximate surface area is 264 Å². The average molecular weight is 707 g/mol. The van der Waals surface area contributed by atoms with Crippen LogP contribution in [0.25, 0.3) is 5.76 Å². The summed E-state index contributed by atoms with van der Waals surface area (Å²) < 4.78 is 24.3. The Morgan fingerprint density at radius 1 is 1.00 bits per heavy atom. The highest BCUT2D eigenvalue weighted by molar-refractivity contribution is 14.1. The normalized spacial score (nSPS) is 34.6. The van der Waals surface area contributed by atoms with E-state index >= 15 is 0 Å². The molecule has 43 heavy (non-hydrogen) atoms. The van der Waals surface area contributed by atoms with Crippen LogP contribution in [0, 0.1) is 33.2 Å². The van der Waals surface area contributed by atoms with Crippen LogP contribution in [0.3, 0.4) is 0 Å². The van der Waals surface area contributed by atoms with Crippen molar-refractivity contribution in [1.82, 2.24) is 0 Å². The van der Waals surface area contributed by atoms with E-state index in [-0.39, 0.29) is 6.61 Å². The minimum Gasteiger partial charge on any atom is -0.496 e. The Bertz CT molecular complexity index is 1320. The first-order valence-electron chi connectivity index (χ1n) is 15.0. The van der Waals surface area contributed by atoms with Crippen LogP contribution in [-0.2, 0) is 16.1 Å². The predicted molar refractivity (Wildman–Crippen MR) is 165 cm³/mol. The van der Waals surface area contributed by atoms with Gasteiger partial charge in [0, 0.05) is 11.1 Å². The van der Waals surface area contributed by atoms with E-state index in [4.69, 9.17) is 18.9 Å². The van der Waals surface area contributed by atoms with Gasteiger partial charge in [-0.05, 0) is 113 Å².